The Bertz CT molecular complexity index is 583. The zero-order valence-corrected chi connectivity index (χ0v) is 12.4. The van der Waals surface area contributed by atoms with Crippen LogP contribution in [0, 0.1) is 0 Å². The molecule has 0 bridgehead atoms. The first-order valence-electron chi connectivity index (χ1n) is 5.71. The molecular formula is C15H11IrN3. The van der Waals surface area contributed by atoms with E-state index in [0.29, 0.717) is 0 Å². The Morgan fingerprint density at radius 3 is 1.95 bits per heavy atom. The molecular weight excluding hydrogens is 414 g/mol. The van der Waals surface area contributed by atoms with Crippen molar-refractivity contribution in [1.29, 1.82) is 0 Å². The predicted octanol–water partition coefficient (Wildman–Crippen LogP) is 3.20. The van der Waals surface area contributed by atoms with Gasteiger partial charge in [0.1, 0.15) is 0 Å². The van der Waals surface area contributed by atoms with Crippen LogP contribution in [0.5, 0.6) is 0 Å². The van der Waals surface area contributed by atoms with Gasteiger partial charge in [-0.2, -0.15) is 0 Å². The van der Waals surface area contributed by atoms with E-state index >= 15 is 0 Å². The van der Waals surface area contributed by atoms with E-state index in [1.165, 1.54) is 0 Å². The first kappa shape index (κ1) is 13.5. The van der Waals surface area contributed by atoms with Crippen molar-refractivity contribution in [2.75, 3.05) is 0 Å². The Balaban J connectivity index is 0.00000133. The molecule has 3 aromatic rings. The Labute approximate surface area is 125 Å². The minimum absolute atomic E-state index is 0. The van der Waals surface area contributed by atoms with Gasteiger partial charge in [0.05, 0.1) is 5.69 Å². The van der Waals surface area contributed by atoms with Crippen LogP contribution in [0.2, 0.25) is 0 Å². The van der Waals surface area contributed by atoms with Gasteiger partial charge in [0.15, 0.2) is 0 Å². The molecule has 3 aromatic heterocycles. The molecule has 19 heavy (non-hydrogen) atoms. The molecule has 0 aliphatic rings. The summed E-state index contributed by atoms with van der Waals surface area (Å²) in [6, 6.07) is 11.9. The largest absolute Gasteiger partial charge is 0.264 e. The third-order valence-corrected chi connectivity index (χ3v) is 2.72. The van der Waals surface area contributed by atoms with Crippen molar-refractivity contribution in [1.82, 2.24) is 15.0 Å². The van der Waals surface area contributed by atoms with Crippen molar-refractivity contribution >= 4 is 0 Å². The van der Waals surface area contributed by atoms with E-state index in [1.54, 1.807) is 18.6 Å². The van der Waals surface area contributed by atoms with Crippen LogP contribution in [0.25, 0.3) is 22.4 Å². The first-order chi connectivity index (χ1) is 8.95. The van der Waals surface area contributed by atoms with E-state index in [4.69, 9.17) is 0 Å². The van der Waals surface area contributed by atoms with Crippen LogP contribution in [0.4, 0.5) is 0 Å². The number of nitrogens with zero attached hydrogens (tertiary/aromatic N) is 3. The predicted molar refractivity (Wildman–Crippen MR) is 70.7 cm³/mol. The maximum atomic E-state index is 4.46. The summed E-state index contributed by atoms with van der Waals surface area (Å²) in [6.07, 6.45) is 8.99. The third-order valence-electron chi connectivity index (χ3n) is 2.72. The summed E-state index contributed by atoms with van der Waals surface area (Å²) < 4.78 is 0. The van der Waals surface area contributed by atoms with Crippen LogP contribution in [-0.4, -0.2) is 15.0 Å². The molecule has 0 atom stereocenters. The number of rotatable bonds is 2. The maximum absolute atomic E-state index is 4.46. The summed E-state index contributed by atoms with van der Waals surface area (Å²) in [5, 5.41) is 0. The number of aromatic nitrogens is 3. The summed E-state index contributed by atoms with van der Waals surface area (Å²) >= 11 is 0. The van der Waals surface area contributed by atoms with E-state index in [9.17, 15) is 0 Å². The summed E-state index contributed by atoms with van der Waals surface area (Å²) in [5.41, 5.74) is 4.07. The van der Waals surface area contributed by atoms with E-state index in [2.05, 4.69) is 15.0 Å². The van der Waals surface area contributed by atoms with Gasteiger partial charge in [0.2, 0.25) is 0 Å². The van der Waals surface area contributed by atoms with Crippen molar-refractivity contribution in [2.24, 2.45) is 0 Å². The van der Waals surface area contributed by atoms with Gasteiger partial charge in [-0.1, -0.05) is 12.1 Å². The molecule has 0 saturated carbocycles. The molecule has 0 fully saturated rings. The molecule has 1 radical (unpaired) electrons. The minimum atomic E-state index is 0. The minimum Gasteiger partial charge on any atom is -0.264 e. The smallest absolute Gasteiger partial charge is 0.0796 e. The quantitative estimate of drug-likeness (QED) is 0.633. The fourth-order valence-electron chi connectivity index (χ4n) is 1.89. The summed E-state index contributed by atoms with van der Waals surface area (Å²) in [5.74, 6) is 0. The van der Waals surface area contributed by atoms with Gasteiger partial charge < -0.3 is 0 Å². The van der Waals surface area contributed by atoms with E-state index in [-0.39, 0.29) is 20.1 Å². The normalized spacial score (nSPS) is 9.68. The average Bonchev–Trinajstić information content (AvgIpc) is 2.49. The fraction of sp³-hybridized carbons (Fsp3) is 0. The van der Waals surface area contributed by atoms with Crippen LogP contribution in [0.15, 0.2) is 67.4 Å². The van der Waals surface area contributed by atoms with Crippen molar-refractivity contribution in [2.45, 2.75) is 0 Å². The third kappa shape index (κ3) is 2.92. The van der Waals surface area contributed by atoms with Gasteiger partial charge in [0, 0.05) is 67.8 Å². The van der Waals surface area contributed by atoms with E-state index in [1.807, 2.05) is 48.8 Å². The van der Waals surface area contributed by atoms with Gasteiger partial charge >= 0.3 is 0 Å². The maximum Gasteiger partial charge on any atom is 0.0796 e. The van der Waals surface area contributed by atoms with Crippen LogP contribution >= 0.6 is 0 Å². The van der Waals surface area contributed by atoms with Gasteiger partial charge in [-0.05, 0) is 24.3 Å². The number of hydrogen-bond acceptors (Lipinski definition) is 3. The Morgan fingerprint density at radius 1 is 0.684 bits per heavy atom. The monoisotopic (exact) mass is 426 g/mol. The fourth-order valence-corrected chi connectivity index (χ4v) is 1.89. The molecule has 0 saturated heterocycles. The molecule has 4 heteroatoms. The summed E-state index contributed by atoms with van der Waals surface area (Å²) in [4.78, 5) is 12.8. The molecule has 0 unspecified atom stereocenters. The Hall–Kier alpha value is -1.90. The second kappa shape index (κ2) is 6.32. The standard InChI is InChI=1S/C15H11N3.Ir/c1-4-12(10-16-7-1)14-6-3-9-18-15(14)13-5-2-8-17-11-13;/h1-11H;. The van der Waals surface area contributed by atoms with Gasteiger partial charge in [0.25, 0.3) is 0 Å². The molecule has 0 amide bonds. The first-order valence-corrected chi connectivity index (χ1v) is 5.71. The summed E-state index contributed by atoms with van der Waals surface area (Å²) in [7, 11) is 0. The van der Waals surface area contributed by atoms with Crippen LogP contribution in [0.3, 0.4) is 0 Å². The molecule has 3 heterocycles. The topological polar surface area (TPSA) is 38.7 Å². The number of pyridine rings is 3. The molecule has 0 N–H and O–H groups in total. The Kier molecular flexibility index (Phi) is 4.50. The van der Waals surface area contributed by atoms with E-state index in [0.717, 1.165) is 22.4 Å². The van der Waals surface area contributed by atoms with Crippen molar-refractivity contribution in [3.8, 4) is 22.4 Å². The van der Waals surface area contributed by atoms with Gasteiger partial charge in [-0.25, -0.2) is 0 Å². The number of hydrogen-bond donors (Lipinski definition) is 0. The molecule has 95 valence electrons. The molecule has 0 aliphatic carbocycles. The molecule has 0 spiro atoms. The van der Waals surface area contributed by atoms with Crippen molar-refractivity contribution in [3.63, 3.8) is 0 Å². The van der Waals surface area contributed by atoms with Crippen LogP contribution in [0.1, 0.15) is 0 Å². The van der Waals surface area contributed by atoms with Crippen molar-refractivity contribution < 1.29 is 20.1 Å². The average molecular weight is 425 g/mol. The molecule has 3 rings (SSSR count). The molecule has 0 aliphatic heterocycles. The second-order valence-corrected chi connectivity index (χ2v) is 3.88. The van der Waals surface area contributed by atoms with Crippen LogP contribution in [-0.2, 0) is 20.1 Å². The Morgan fingerprint density at radius 2 is 1.32 bits per heavy atom. The van der Waals surface area contributed by atoms with Gasteiger partial charge in [-0.15, -0.1) is 0 Å². The summed E-state index contributed by atoms with van der Waals surface area (Å²) in [6.45, 7) is 0. The van der Waals surface area contributed by atoms with Gasteiger partial charge in [-0.3, -0.25) is 15.0 Å². The zero-order chi connectivity index (χ0) is 12.2. The second-order valence-electron chi connectivity index (χ2n) is 3.88. The van der Waals surface area contributed by atoms with E-state index < -0.39 is 0 Å². The molecule has 3 nitrogen and oxygen atoms in total. The zero-order valence-electron chi connectivity index (χ0n) is 10.0. The SMILES string of the molecule is [Ir].c1cncc(-c2cccnc2-c2cccnc2)c1. The molecule has 0 aromatic carbocycles. The van der Waals surface area contributed by atoms with Crippen molar-refractivity contribution in [3.05, 3.63) is 67.4 Å². The van der Waals surface area contributed by atoms with Crippen LogP contribution < -0.4 is 0 Å².